The van der Waals surface area contributed by atoms with E-state index >= 15 is 0 Å². The molecule has 1 N–H and O–H groups in total. The van der Waals surface area contributed by atoms with Gasteiger partial charge in [0.15, 0.2) is 11.5 Å². The Balaban J connectivity index is 1.79. The minimum atomic E-state index is -3.45. The fraction of sp³-hybridized carbons (Fsp3) is 0.455. The van der Waals surface area contributed by atoms with Gasteiger partial charge >= 0.3 is 0 Å². The van der Waals surface area contributed by atoms with Crippen LogP contribution in [-0.2, 0) is 29.9 Å². The van der Waals surface area contributed by atoms with E-state index in [-0.39, 0.29) is 11.0 Å². The molecule has 5 rings (SSSR count). The number of hydrogen-bond acceptors (Lipinski definition) is 5. The monoisotopic (exact) mass is 427 g/mol. The number of fused-ring (bicyclic) bond motifs is 2. The number of aromatic nitrogens is 2. The van der Waals surface area contributed by atoms with Crippen molar-refractivity contribution in [1.29, 1.82) is 0 Å². The summed E-state index contributed by atoms with van der Waals surface area (Å²) >= 11 is 0. The normalized spacial score (nSPS) is 18.0. The molecule has 7 nitrogen and oxygen atoms in total. The van der Waals surface area contributed by atoms with Gasteiger partial charge in [-0.25, -0.2) is 13.4 Å². The summed E-state index contributed by atoms with van der Waals surface area (Å²) in [5.41, 5.74) is 5.28. The van der Waals surface area contributed by atoms with Gasteiger partial charge in [0, 0.05) is 41.9 Å². The Morgan fingerprint density at radius 1 is 1.17 bits per heavy atom. The predicted octanol–water partition coefficient (Wildman–Crippen LogP) is 3.57. The Morgan fingerprint density at radius 2 is 1.87 bits per heavy atom. The van der Waals surface area contributed by atoms with Gasteiger partial charge in [-0.3, -0.25) is 9.52 Å². The molecule has 0 bridgehead atoms. The third-order valence-corrected chi connectivity index (χ3v) is 6.54. The van der Waals surface area contributed by atoms with E-state index < -0.39 is 10.0 Å². The minimum absolute atomic E-state index is 0.00463. The van der Waals surface area contributed by atoms with Crippen LogP contribution in [0.4, 0.5) is 5.69 Å². The first kappa shape index (κ1) is 19.4. The molecule has 30 heavy (non-hydrogen) atoms. The van der Waals surface area contributed by atoms with Gasteiger partial charge in [-0.15, -0.1) is 0 Å². The van der Waals surface area contributed by atoms with Crippen molar-refractivity contribution in [2.75, 3.05) is 11.0 Å². The summed E-state index contributed by atoms with van der Waals surface area (Å²) in [6, 6.07) is 3.49. The second-order valence-electron chi connectivity index (χ2n) is 9.50. The molecule has 0 aliphatic heterocycles. The van der Waals surface area contributed by atoms with E-state index in [2.05, 4.69) is 18.6 Å². The smallest absolute Gasteiger partial charge is 0.253 e. The number of oxazole rings is 1. The Hall–Kier alpha value is -2.61. The largest absolute Gasteiger partial charge is 0.440 e. The number of nitrogens with one attached hydrogen (secondary N) is 1. The van der Waals surface area contributed by atoms with E-state index in [1.807, 2.05) is 6.20 Å². The summed E-state index contributed by atoms with van der Waals surface area (Å²) in [6.45, 7) is 4.32. The molecule has 0 saturated heterocycles. The van der Waals surface area contributed by atoms with Crippen LogP contribution in [-0.4, -0.2) is 24.2 Å². The molecule has 3 aromatic rings. The van der Waals surface area contributed by atoms with Gasteiger partial charge in [-0.1, -0.05) is 13.8 Å². The lowest BCUT2D eigenvalue weighted by atomic mass is 9.89. The Kier molecular flexibility index (Phi) is 4.00. The highest BCUT2D eigenvalue weighted by Crippen LogP contribution is 2.45. The third-order valence-electron chi connectivity index (χ3n) is 5.93. The van der Waals surface area contributed by atoms with Crippen LogP contribution in [0, 0.1) is 5.41 Å². The van der Waals surface area contributed by atoms with Gasteiger partial charge in [0.1, 0.15) is 5.52 Å². The van der Waals surface area contributed by atoms with Crippen molar-refractivity contribution in [1.82, 2.24) is 9.55 Å². The molecule has 0 unspecified atom stereocenters. The van der Waals surface area contributed by atoms with Gasteiger partial charge in [-0.05, 0) is 42.7 Å². The fourth-order valence-electron chi connectivity index (χ4n) is 4.50. The van der Waals surface area contributed by atoms with Crippen molar-refractivity contribution >= 4 is 26.8 Å². The second kappa shape index (κ2) is 6.20. The molecule has 1 saturated carbocycles. The zero-order chi connectivity index (χ0) is 21.4. The minimum Gasteiger partial charge on any atom is -0.440 e. The highest BCUT2D eigenvalue weighted by molar-refractivity contribution is 7.92. The average Bonchev–Trinajstić information content (AvgIpc) is 3.30. The standard InChI is InChI=1S/C22H25N3O4S/c1-22(2)9-15-16(10-22)21(26)25(3)11-17(15)14-7-13(24-30(4,27)28)8-18-19(14)23-20(29-18)12-5-6-12/h7-8,11-12,24H,5-6,9-10H2,1-4H3. The highest BCUT2D eigenvalue weighted by Gasteiger charge is 2.34. The van der Waals surface area contributed by atoms with Crippen LogP contribution in [0.15, 0.2) is 27.5 Å². The molecular weight excluding hydrogens is 402 g/mol. The number of sulfonamides is 1. The molecule has 158 valence electrons. The van der Waals surface area contributed by atoms with Gasteiger partial charge in [0.25, 0.3) is 5.56 Å². The predicted molar refractivity (Wildman–Crippen MR) is 116 cm³/mol. The van der Waals surface area contributed by atoms with E-state index in [1.165, 1.54) is 0 Å². The van der Waals surface area contributed by atoms with Crippen molar-refractivity contribution in [3.05, 3.63) is 45.7 Å². The maximum atomic E-state index is 12.8. The van der Waals surface area contributed by atoms with Crippen molar-refractivity contribution in [3.63, 3.8) is 0 Å². The van der Waals surface area contributed by atoms with Crippen molar-refractivity contribution in [3.8, 4) is 11.1 Å². The molecule has 1 fully saturated rings. The summed E-state index contributed by atoms with van der Waals surface area (Å²) < 4.78 is 33.9. The number of pyridine rings is 1. The van der Waals surface area contributed by atoms with Gasteiger partial charge in [0.2, 0.25) is 10.0 Å². The molecular formula is C22H25N3O4S. The van der Waals surface area contributed by atoms with Crippen LogP contribution in [0.2, 0.25) is 0 Å². The van der Waals surface area contributed by atoms with Crippen LogP contribution in [0.5, 0.6) is 0 Å². The molecule has 2 aliphatic carbocycles. The summed E-state index contributed by atoms with van der Waals surface area (Å²) in [5, 5.41) is 0. The third kappa shape index (κ3) is 3.33. The number of nitrogens with zero attached hydrogens (tertiary/aromatic N) is 2. The molecule has 1 aromatic carbocycles. The van der Waals surface area contributed by atoms with Gasteiger partial charge in [0.05, 0.1) is 11.9 Å². The van der Waals surface area contributed by atoms with E-state index in [9.17, 15) is 13.2 Å². The molecule has 0 spiro atoms. The molecule has 0 radical (unpaired) electrons. The maximum absolute atomic E-state index is 12.8. The first-order chi connectivity index (χ1) is 14.0. The number of hydrogen-bond donors (Lipinski definition) is 1. The van der Waals surface area contributed by atoms with Crippen LogP contribution in [0.1, 0.15) is 49.6 Å². The summed E-state index contributed by atoms with van der Waals surface area (Å²) in [4.78, 5) is 17.6. The van der Waals surface area contributed by atoms with Crippen LogP contribution >= 0.6 is 0 Å². The lowest BCUT2D eigenvalue weighted by Crippen LogP contribution is -2.22. The molecule has 0 amide bonds. The first-order valence-corrected chi connectivity index (χ1v) is 12.0. The Morgan fingerprint density at radius 3 is 2.53 bits per heavy atom. The quantitative estimate of drug-likeness (QED) is 0.687. The maximum Gasteiger partial charge on any atom is 0.253 e. The first-order valence-electron chi connectivity index (χ1n) is 10.1. The van der Waals surface area contributed by atoms with Gasteiger partial charge < -0.3 is 8.98 Å². The number of rotatable bonds is 4. The van der Waals surface area contributed by atoms with Crippen molar-refractivity contribution in [2.45, 2.75) is 45.4 Å². The average molecular weight is 428 g/mol. The number of benzene rings is 1. The topological polar surface area (TPSA) is 94.2 Å². The van der Waals surface area contributed by atoms with Crippen LogP contribution < -0.4 is 10.3 Å². The Bertz CT molecular complexity index is 1360. The van der Waals surface area contributed by atoms with Crippen molar-refractivity contribution in [2.24, 2.45) is 12.5 Å². The lowest BCUT2D eigenvalue weighted by molar-refractivity contribution is 0.392. The SMILES string of the molecule is Cn1cc(-c2cc(NS(C)(=O)=O)cc3oc(C4CC4)nc23)c2c(c1=O)CC(C)(C)C2. The summed E-state index contributed by atoms with van der Waals surface area (Å²) in [5.74, 6) is 1.03. The zero-order valence-corrected chi connectivity index (χ0v) is 18.4. The zero-order valence-electron chi connectivity index (χ0n) is 17.6. The summed E-state index contributed by atoms with van der Waals surface area (Å²) in [7, 11) is -1.70. The number of aryl methyl sites for hydroxylation is 1. The van der Waals surface area contributed by atoms with Crippen LogP contribution in [0.25, 0.3) is 22.2 Å². The van der Waals surface area contributed by atoms with E-state index in [0.717, 1.165) is 54.2 Å². The Labute approximate surface area is 175 Å². The highest BCUT2D eigenvalue weighted by atomic mass is 32.2. The fourth-order valence-corrected chi connectivity index (χ4v) is 5.05. The van der Waals surface area contributed by atoms with E-state index in [0.29, 0.717) is 28.6 Å². The number of anilines is 1. The summed E-state index contributed by atoms with van der Waals surface area (Å²) in [6.07, 6.45) is 6.58. The van der Waals surface area contributed by atoms with Crippen molar-refractivity contribution < 1.29 is 12.8 Å². The molecule has 2 heterocycles. The second-order valence-corrected chi connectivity index (χ2v) is 11.3. The molecule has 0 atom stereocenters. The van der Waals surface area contributed by atoms with E-state index in [4.69, 9.17) is 9.40 Å². The van der Waals surface area contributed by atoms with E-state index in [1.54, 1.807) is 23.7 Å². The molecule has 2 aromatic heterocycles. The van der Waals surface area contributed by atoms with Gasteiger partial charge in [-0.2, -0.15) is 0 Å². The van der Waals surface area contributed by atoms with Crippen LogP contribution in [0.3, 0.4) is 0 Å². The molecule has 2 aliphatic rings. The molecule has 8 heteroatoms. The lowest BCUT2D eigenvalue weighted by Gasteiger charge is -2.16.